The summed E-state index contributed by atoms with van der Waals surface area (Å²) < 4.78 is 10.2. The molecule has 1 aliphatic heterocycles. The fourth-order valence-corrected chi connectivity index (χ4v) is 7.33. The van der Waals surface area contributed by atoms with Crippen LogP contribution < -0.4 is 10.5 Å². The number of hydrogen-bond donors (Lipinski definition) is 2. The molecule has 3 atom stereocenters. The molecule has 0 radical (unpaired) electrons. The number of pyridine rings is 1. The Morgan fingerprint density at radius 3 is 2.63 bits per heavy atom. The fourth-order valence-electron chi connectivity index (χ4n) is 7.15. The lowest BCUT2D eigenvalue weighted by atomic mass is 10.1. The average Bonchev–Trinajstić information content (AvgIpc) is 3.42. The Morgan fingerprint density at radius 1 is 1.09 bits per heavy atom. The van der Waals surface area contributed by atoms with Gasteiger partial charge in [-0.3, -0.25) is 4.79 Å². The number of nitrogens with zero attached hydrogens (tertiary/aromatic N) is 5. The molecule has 2 aromatic carbocycles. The summed E-state index contributed by atoms with van der Waals surface area (Å²) in [5.74, 6) is 2.42. The molecule has 3 aromatic heterocycles. The van der Waals surface area contributed by atoms with Gasteiger partial charge in [0.1, 0.15) is 22.7 Å². The normalized spacial score (nSPS) is 21.4. The molecular weight excluding hydrogens is 564 g/mol. The number of rotatable bonds is 6. The van der Waals surface area contributed by atoms with E-state index < -0.39 is 0 Å². The number of carbonyl (C=O) groups excluding carboxylic acids is 1. The Morgan fingerprint density at radius 2 is 1.93 bits per heavy atom. The highest BCUT2D eigenvalue weighted by Crippen LogP contribution is 2.40. The van der Waals surface area contributed by atoms with E-state index in [-0.39, 0.29) is 23.7 Å². The zero-order chi connectivity index (χ0) is 29.6. The summed E-state index contributed by atoms with van der Waals surface area (Å²) in [4.78, 5) is 25.8. The van der Waals surface area contributed by atoms with Crippen LogP contribution in [0.15, 0.2) is 48.5 Å². The first kappa shape index (κ1) is 26.5. The van der Waals surface area contributed by atoms with Crippen LogP contribution in [0.4, 0.5) is 0 Å². The maximum Gasteiger partial charge on any atom is 0.254 e. The van der Waals surface area contributed by atoms with Crippen molar-refractivity contribution in [1.82, 2.24) is 24.0 Å². The van der Waals surface area contributed by atoms with Crippen LogP contribution in [0.25, 0.3) is 44.8 Å². The molecule has 3 fully saturated rings. The lowest BCUT2D eigenvalue weighted by Crippen LogP contribution is -2.41. The minimum absolute atomic E-state index is 0.0102. The first-order valence-electron chi connectivity index (χ1n) is 14.9. The SMILES string of the molecule is COc1cc(C(=O)N2CC3CCC2C3N)cc2nc(-c3cc4ccc(-c5ccc(O)c(Cl)c5)nc4n3CC3CC3)n(C)c12. The van der Waals surface area contributed by atoms with E-state index in [0.717, 1.165) is 58.7 Å². The summed E-state index contributed by atoms with van der Waals surface area (Å²) in [6, 6.07) is 15.2. The minimum atomic E-state index is -0.0102. The van der Waals surface area contributed by atoms with Gasteiger partial charge in [0, 0.05) is 48.7 Å². The first-order valence-corrected chi connectivity index (χ1v) is 15.3. The lowest BCUT2D eigenvalue weighted by molar-refractivity contribution is 0.0700. The molecule has 2 aliphatic carbocycles. The van der Waals surface area contributed by atoms with E-state index in [1.54, 1.807) is 19.2 Å². The number of methoxy groups -OCH3 is 1. The van der Waals surface area contributed by atoms with Gasteiger partial charge in [0.05, 0.1) is 29.0 Å². The van der Waals surface area contributed by atoms with Gasteiger partial charge < -0.3 is 29.6 Å². The number of fused-ring (bicyclic) bond motifs is 4. The van der Waals surface area contributed by atoms with Gasteiger partial charge in [-0.15, -0.1) is 0 Å². The average molecular weight is 597 g/mol. The standard InChI is InChI=1S/C33H33ClN6O3/c1-38-30-24(12-21(14-28(30)43-2)33(42)40-16-20-6-9-25(40)29(20)35)37-32(38)26-13-19-5-8-23(18-7-10-27(41)22(34)11-18)36-31(19)39(26)15-17-3-4-17/h5,7-8,10-14,17,20,25,29,41H,3-4,6,9,15-16,35H2,1-2H3. The van der Waals surface area contributed by atoms with E-state index in [0.29, 0.717) is 40.2 Å². The second-order valence-electron chi connectivity index (χ2n) is 12.3. The van der Waals surface area contributed by atoms with E-state index in [9.17, 15) is 9.90 Å². The maximum atomic E-state index is 13.7. The molecule has 2 bridgehead atoms. The van der Waals surface area contributed by atoms with Crippen molar-refractivity contribution in [2.75, 3.05) is 13.7 Å². The lowest BCUT2D eigenvalue weighted by Gasteiger charge is -2.27. The molecule has 0 spiro atoms. The molecule has 3 unspecified atom stereocenters. The highest BCUT2D eigenvalue weighted by atomic mass is 35.5. The third kappa shape index (κ3) is 4.20. The number of ether oxygens (including phenoxy) is 1. The largest absolute Gasteiger partial charge is 0.506 e. The highest BCUT2D eigenvalue weighted by Gasteiger charge is 2.47. The first-order chi connectivity index (χ1) is 20.8. The molecular formula is C33H33ClN6O3. The third-order valence-electron chi connectivity index (χ3n) is 9.67. The van der Waals surface area contributed by atoms with Crippen LogP contribution in [0.3, 0.4) is 0 Å². The van der Waals surface area contributed by atoms with Crippen molar-refractivity contribution in [3.05, 3.63) is 59.1 Å². The van der Waals surface area contributed by atoms with Gasteiger partial charge in [0.2, 0.25) is 0 Å². The van der Waals surface area contributed by atoms with Crippen molar-refractivity contribution in [2.24, 2.45) is 24.6 Å². The van der Waals surface area contributed by atoms with Crippen LogP contribution >= 0.6 is 11.6 Å². The number of nitrogens with two attached hydrogens (primary N) is 1. The van der Waals surface area contributed by atoms with Gasteiger partial charge in [-0.2, -0.15) is 0 Å². The molecule has 1 saturated heterocycles. The summed E-state index contributed by atoms with van der Waals surface area (Å²) in [5.41, 5.74) is 12.0. The molecule has 1 amide bonds. The fraction of sp³-hybridized carbons (Fsp3) is 0.364. The van der Waals surface area contributed by atoms with E-state index in [4.69, 9.17) is 32.0 Å². The minimum Gasteiger partial charge on any atom is -0.506 e. The topological polar surface area (TPSA) is 111 Å². The molecule has 10 heteroatoms. The van der Waals surface area contributed by atoms with Gasteiger partial charge in [0.25, 0.3) is 5.91 Å². The number of carbonyl (C=O) groups is 1. The van der Waals surface area contributed by atoms with Crippen LogP contribution in [0.5, 0.6) is 11.5 Å². The van der Waals surface area contributed by atoms with Crippen LogP contribution in [0.2, 0.25) is 5.02 Å². The van der Waals surface area contributed by atoms with E-state index >= 15 is 0 Å². The van der Waals surface area contributed by atoms with Gasteiger partial charge in [-0.05, 0) is 86.1 Å². The smallest absolute Gasteiger partial charge is 0.254 e. The number of likely N-dealkylation sites (tertiary alicyclic amines) is 1. The van der Waals surface area contributed by atoms with Crippen LogP contribution in [0, 0.1) is 11.8 Å². The number of phenols is 1. The zero-order valence-corrected chi connectivity index (χ0v) is 24.9. The van der Waals surface area contributed by atoms with Crippen molar-refractivity contribution in [1.29, 1.82) is 0 Å². The van der Waals surface area contributed by atoms with Crippen molar-refractivity contribution in [2.45, 2.75) is 44.3 Å². The van der Waals surface area contributed by atoms with E-state index in [1.807, 2.05) is 36.2 Å². The maximum absolute atomic E-state index is 13.7. The van der Waals surface area contributed by atoms with E-state index in [1.165, 1.54) is 12.8 Å². The number of aryl methyl sites for hydroxylation is 1. The molecule has 9 nitrogen and oxygen atoms in total. The van der Waals surface area contributed by atoms with Crippen molar-refractivity contribution >= 4 is 39.6 Å². The number of aromatic nitrogens is 4. The van der Waals surface area contributed by atoms with Crippen LogP contribution in [-0.2, 0) is 13.6 Å². The van der Waals surface area contributed by atoms with Crippen molar-refractivity contribution < 1.29 is 14.6 Å². The predicted molar refractivity (Wildman–Crippen MR) is 166 cm³/mol. The van der Waals surface area contributed by atoms with Gasteiger partial charge in [-0.25, -0.2) is 9.97 Å². The summed E-state index contributed by atoms with van der Waals surface area (Å²) in [5, 5.41) is 11.2. The number of imidazole rings is 1. The summed E-state index contributed by atoms with van der Waals surface area (Å²) in [6.45, 7) is 1.55. The van der Waals surface area contributed by atoms with Crippen LogP contribution in [-0.4, -0.2) is 60.8 Å². The molecule has 4 heterocycles. The Balaban J connectivity index is 1.24. The molecule has 2 saturated carbocycles. The summed E-state index contributed by atoms with van der Waals surface area (Å²) in [7, 11) is 3.62. The quantitative estimate of drug-likeness (QED) is 0.264. The molecule has 43 heavy (non-hydrogen) atoms. The Bertz CT molecular complexity index is 1940. The molecule has 8 rings (SSSR count). The van der Waals surface area contributed by atoms with E-state index in [2.05, 4.69) is 21.3 Å². The monoisotopic (exact) mass is 596 g/mol. The summed E-state index contributed by atoms with van der Waals surface area (Å²) >= 11 is 6.21. The second kappa shape index (κ2) is 9.72. The number of benzene rings is 2. The molecule has 3 N–H and O–H groups in total. The number of amides is 1. The number of phenolic OH excluding ortho intramolecular Hbond substituents is 1. The Labute approximate surface area is 253 Å². The number of aromatic hydroxyl groups is 1. The Hall–Kier alpha value is -4.08. The number of hydrogen-bond acceptors (Lipinski definition) is 6. The molecule has 3 aliphatic rings. The predicted octanol–water partition coefficient (Wildman–Crippen LogP) is 5.60. The Kier molecular flexibility index (Phi) is 6.00. The third-order valence-corrected chi connectivity index (χ3v) is 9.97. The molecule has 220 valence electrons. The van der Waals surface area contributed by atoms with Crippen molar-refractivity contribution in [3.63, 3.8) is 0 Å². The summed E-state index contributed by atoms with van der Waals surface area (Å²) in [6.07, 6.45) is 4.44. The van der Waals surface area contributed by atoms with Gasteiger partial charge >= 0.3 is 0 Å². The number of halogens is 1. The number of piperidine rings is 1. The zero-order valence-electron chi connectivity index (χ0n) is 24.1. The van der Waals surface area contributed by atoms with Crippen LogP contribution in [0.1, 0.15) is 36.0 Å². The highest BCUT2D eigenvalue weighted by molar-refractivity contribution is 6.32. The van der Waals surface area contributed by atoms with Gasteiger partial charge in [-0.1, -0.05) is 11.6 Å². The second-order valence-corrected chi connectivity index (χ2v) is 12.7. The van der Waals surface area contributed by atoms with Gasteiger partial charge in [0.15, 0.2) is 5.82 Å². The van der Waals surface area contributed by atoms with Crippen molar-refractivity contribution in [3.8, 4) is 34.3 Å². The molecule has 5 aromatic rings.